The van der Waals surface area contributed by atoms with Gasteiger partial charge in [-0.1, -0.05) is 26.0 Å². The third-order valence-electron chi connectivity index (χ3n) is 2.70. The van der Waals surface area contributed by atoms with Gasteiger partial charge in [0.25, 0.3) is 0 Å². The van der Waals surface area contributed by atoms with E-state index in [0.29, 0.717) is 24.9 Å². The van der Waals surface area contributed by atoms with E-state index >= 15 is 0 Å². The molecule has 4 nitrogen and oxygen atoms in total. The lowest BCUT2D eigenvalue weighted by Crippen LogP contribution is -2.46. The molecule has 2 unspecified atom stereocenters. The molecule has 2 rings (SSSR count). The highest BCUT2D eigenvalue weighted by Gasteiger charge is 2.27. The summed E-state index contributed by atoms with van der Waals surface area (Å²) in [7, 11) is 0. The standard InChI is InChI=1S/C13H19NO3/c1-9(2)14-7-10(15)13-8-16-11-5-3-4-6-12(11)17-13/h3-6,9-10,13-15H,7-8H2,1-2H3. The van der Waals surface area contributed by atoms with E-state index in [0.717, 1.165) is 5.75 Å². The van der Waals surface area contributed by atoms with E-state index in [-0.39, 0.29) is 6.10 Å². The molecule has 1 aliphatic heterocycles. The van der Waals surface area contributed by atoms with Crippen molar-refractivity contribution in [2.75, 3.05) is 13.2 Å². The second kappa shape index (κ2) is 5.38. The Hall–Kier alpha value is -1.26. The molecule has 17 heavy (non-hydrogen) atoms. The van der Waals surface area contributed by atoms with Crippen molar-refractivity contribution in [2.45, 2.75) is 32.1 Å². The first kappa shape index (κ1) is 12.2. The van der Waals surface area contributed by atoms with Crippen molar-refractivity contribution in [2.24, 2.45) is 0 Å². The fraction of sp³-hybridized carbons (Fsp3) is 0.538. The minimum atomic E-state index is -0.564. The van der Waals surface area contributed by atoms with Crippen LogP contribution in [0.1, 0.15) is 13.8 Å². The summed E-state index contributed by atoms with van der Waals surface area (Å²) in [5, 5.41) is 13.2. The molecule has 0 aromatic heterocycles. The lowest BCUT2D eigenvalue weighted by Gasteiger charge is -2.30. The van der Waals surface area contributed by atoms with Gasteiger partial charge in [-0.05, 0) is 12.1 Å². The van der Waals surface area contributed by atoms with E-state index in [1.165, 1.54) is 0 Å². The molecule has 0 saturated carbocycles. The second-order valence-electron chi connectivity index (χ2n) is 4.54. The average molecular weight is 237 g/mol. The van der Waals surface area contributed by atoms with Crippen LogP contribution in [0.5, 0.6) is 11.5 Å². The summed E-state index contributed by atoms with van der Waals surface area (Å²) in [5.74, 6) is 1.44. The summed E-state index contributed by atoms with van der Waals surface area (Å²) in [5.41, 5.74) is 0. The zero-order valence-electron chi connectivity index (χ0n) is 10.2. The topological polar surface area (TPSA) is 50.7 Å². The quantitative estimate of drug-likeness (QED) is 0.826. The van der Waals surface area contributed by atoms with Gasteiger partial charge in [0, 0.05) is 12.6 Å². The Morgan fingerprint density at radius 1 is 1.35 bits per heavy atom. The van der Waals surface area contributed by atoms with Gasteiger partial charge in [0.15, 0.2) is 17.6 Å². The number of hydrogen-bond donors (Lipinski definition) is 2. The van der Waals surface area contributed by atoms with E-state index in [2.05, 4.69) is 5.32 Å². The summed E-state index contributed by atoms with van der Waals surface area (Å²) in [6.45, 7) is 4.98. The third kappa shape index (κ3) is 3.11. The fourth-order valence-electron chi connectivity index (χ4n) is 1.71. The highest BCUT2D eigenvalue weighted by Crippen LogP contribution is 2.31. The lowest BCUT2D eigenvalue weighted by atomic mass is 10.1. The van der Waals surface area contributed by atoms with Gasteiger partial charge >= 0.3 is 0 Å². The fourth-order valence-corrected chi connectivity index (χ4v) is 1.71. The van der Waals surface area contributed by atoms with Crippen molar-refractivity contribution in [3.8, 4) is 11.5 Å². The van der Waals surface area contributed by atoms with Crippen molar-refractivity contribution in [1.29, 1.82) is 0 Å². The van der Waals surface area contributed by atoms with Crippen molar-refractivity contribution >= 4 is 0 Å². The van der Waals surface area contributed by atoms with E-state index in [1.54, 1.807) is 0 Å². The van der Waals surface area contributed by atoms with Crippen LogP contribution in [0.2, 0.25) is 0 Å². The van der Waals surface area contributed by atoms with E-state index in [1.807, 2.05) is 38.1 Å². The Morgan fingerprint density at radius 3 is 2.76 bits per heavy atom. The molecule has 0 aliphatic carbocycles. The molecule has 94 valence electrons. The van der Waals surface area contributed by atoms with Crippen LogP contribution in [0.15, 0.2) is 24.3 Å². The van der Waals surface area contributed by atoms with Gasteiger partial charge in [0.2, 0.25) is 0 Å². The normalized spacial score (nSPS) is 20.4. The molecule has 1 aliphatic rings. The average Bonchev–Trinajstić information content (AvgIpc) is 2.35. The molecule has 4 heteroatoms. The molecule has 1 aromatic rings. The van der Waals surface area contributed by atoms with E-state index in [9.17, 15) is 5.11 Å². The van der Waals surface area contributed by atoms with Crippen LogP contribution in [-0.2, 0) is 0 Å². The molecule has 0 fully saturated rings. The maximum Gasteiger partial charge on any atom is 0.161 e. The van der Waals surface area contributed by atoms with Crippen LogP contribution in [0, 0.1) is 0 Å². The number of hydrogen-bond acceptors (Lipinski definition) is 4. The first-order valence-corrected chi connectivity index (χ1v) is 5.96. The van der Waals surface area contributed by atoms with E-state index < -0.39 is 6.10 Å². The Morgan fingerprint density at radius 2 is 2.06 bits per heavy atom. The number of rotatable bonds is 4. The predicted molar refractivity (Wildman–Crippen MR) is 65.5 cm³/mol. The first-order valence-electron chi connectivity index (χ1n) is 5.96. The first-order chi connectivity index (χ1) is 8.16. The molecule has 1 aromatic carbocycles. The SMILES string of the molecule is CC(C)NCC(O)C1COc2ccccc2O1. The molecular weight excluding hydrogens is 218 g/mol. The number of aliphatic hydroxyl groups is 1. The van der Waals surface area contributed by atoms with Gasteiger partial charge < -0.3 is 19.9 Å². The van der Waals surface area contributed by atoms with Gasteiger partial charge in [0.05, 0.1) is 0 Å². The molecule has 0 radical (unpaired) electrons. The molecule has 0 amide bonds. The Bertz CT molecular complexity index is 367. The highest BCUT2D eigenvalue weighted by molar-refractivity contribution is 5.40. The van der Waals surface area contributed by atoms with Crippen molar-refractivity contribution < 1.29 is 14.6 Å². The van der Waals surface area contributed by atoms with Crippen LogP contribution in [0.3, 0.4) is 0 Å². The maximum atomic E-state index is 9.98. The van der Waals surface area contributed by atoms with E-state index in [4.69, 9.17) is 9.47 Å². The predicted octanol–water partition coefficient (Wildman–Crippen LogP) is 1.19. The number of aliphatic hydroxyl groups excluding tert-OH is 1. The van der Waals surface area contributed by atoms with Crippen LogP contribution in [0.4, 0.5) is 0 Å². The highest BCUT2D eigenvalue weighted by atomic mass is 16.6. The molecule has 0 spiro atoms. The Labute approximate surface area is 102 Å². The number of fused-ring (bicyclic) bond motifs is 1. The van der Waals surface area contributed by atoms with Gasteiger partial charge in [-0.3, -0.25) is 0 Å². The Kier molecular flexibility index (Phi) is 3.86. The van der Waals surface area contributed by atoms with Crippen LogP contribution in [0.25, 0.3) is 0 Å². The zero-order chi connectivity index (χ0) is 12.3. The second-order valence-corrected chi connectivity index (χ2v) is 4.54. The number of nitrogens with one attached hydrogen (secondary N) is 1. The summed E-state index contributed by atoms with van der Waals surface area (Å²) < 4.78 is 11.3. The Balaban J connectivity index is 1.93. The van der Waals surface area contributed by atoms with Crippen LogP contribution >= 0.6 is 0 Å². The maximum absolute atomic E-state index is 9.98. The minimum Gasteiger partial charge on any atom is -0.486 e. The molecule has 2 atom stereocenters. The smallest absolute Gasteiger partial charge is 0.161 e. The summed E-state index contributed by atoms with van der Waals surface area (Å²) in [6, 6.07) is 7.86. The number of para-hydroxylation sites is 2. The van der Waals surface area contributed by atoms with Crippen molar-refractivity contribution in [3.05, 3.63) is 24.3 Å². The summed E-state index contributed by atoms with van der Waals surface area (Å²) >= 11 is 0. The minimum absolute atomic E-state index is 0.309. The molecular formula is C13H19NO3. The monoisotopic (exact) mass is 237 g/mol. The van der Waals surface area contributed by atoms with Crippen LogP contribution < -0.4 is 14.8 Å². The molecule has 0 bridgehead atoms. The van der Waals surface area contributed by atoms with Gasteiger partial charge in [0.1, 0.15) is 12.7 Å². The lowest BCUT2D eigenvalue weighted by molar-refractivity contribution is -0.00975. The molecule has 2 N–H and O–H groups in total. The van der Waals surface area contributed by atoms with Gasteiger partial charge in [-0.25, -0.2) is 0 Å². The van der Waals surface area contributed by atoms with Gasteiger partial charge in [-0.2, -0.15) is 0 Å². The molecule has 0 saturated heterocycles. The third-order valence-corrected chi connectivity index (χ3v) is 2.70. The van der Waals surface area contributed by atoms with Crippen LogP contribution in [-0.4, -0.2) is 36.5 Å². The van der Waals surface area contributed by atoms with Crippen molar-refractivity contribution in [3.63, 3.8) is 0 Å². The number of benzene rings is 1. The summed E-state index contributed by atoms with van der Waals surface area (Å²) in [4.78, 5) is 0. The van der Waals surface area contributed by atoms with Crippen molar-refractivity contribution in [1.82, 2.24) is 5.32 Å². The number of ether oxygens (including phenoxy) is 2. The molecule has 1 heterocycles. The largest absolute Gasteiger partial charge is 0.486 e. The summed E-state index contributed by atoms with van der Waals surface area (Å²) in [6.07, 6.45) is -0.873. The van der Waals surface area contributed by atoms with Gasteiger partial charge in [-0.15, -0.1) is 0 Å². The zero-order valence-corrected chi connectivity index (χ0v) is 10.2.